The third kappa shape index (κ3) is 2.54. The summed E-state index contributed by atoms with van der Waals surface area (Å²) >= 11 is 0. The molecule has 1 fully saturated rings. The van der Waals surface area contributed by atoms with E-state index in [9.17, 15) is 4.39 Å². The normalized spacial score (nSPS) is 17.3. The number of anilines is 3. The number of aromatic amines is 1. The Morgan fingerprint density at radius 3 is 2.92 bits per heavy atom. The van der Waals surface area contributed by atoms with Crippen molar-refractivity contribution in [1.82, 2.24) is 15.2 Å². The van der Waals surface area contributed by atoms with E-state index in [1.54, 1.807) is 6.20 Å². The van der Waals surface area contributed by atoms with Crippen LogP contribution in [0.3, 0.4) is 0 Å². The summed E-state index contributed by atoms with van der Waals surface area (Å²) in [5.41, 5.74) is 1.95. The molecule has 3 heterocycles. The number of halogens is 1. The summed E-state index contributed by atoms with van der Waals surface area (Å²) in [5.74, 6) is 1.66. The predicted molar refractivity (Wildman–Crippen MR) is 103 cm³/mol. The molecule has 2 aromatic carbocycles. The van der Waals surface area contributed by atoms with E-state index in [0.717, 1.165) is 39.0 Å². The lowest BCUT2D eigenvalue weighted by molar-refractivity contribution is 0.364. The van der Waals surface area contributed by atoms with E-state index < -0.39 is 6.17 Å². The van der Waals surface area contributed by atoms with E-state index in [-0.39, 0.29) is 0 Å². The Hall–Kier alpha value is -3.15. The van der Waals surface area contributed by atoms with Gasteiger partial charge in [0.2, 0.25) is 0 Å². The van der Waals surface area contributed by atoms with E-state index in [0.29, 0.717) is 19.5 Å². The molecule has 2 N–H and O–H groups in total. The Morgan fingerprint density at radius 2 is 2.04 bits per heavy atom. The first-order valence-electron chi connectivity index (χ1n) is 8.76. The summed E-state index contributed by atoms with van der Waals surface area (Å²) in [5, 5.41) is 13.9. The molecule has 26 heavy (non-hydrogen) atoms. The van der Waals surface area contributed by atoms with Crippen LogP contribution in [0.5, 0.6) is 0 Å². The van der Waals surface area contributed by atoms with E-state index in [2.05, 4.69) is 26.6 Å². The fraction of sp³-hybridized carbons (Fsp3) is 0.200. The Balaban J connectivity index is 1.50. The van der Waals surface area contributed by atoms with Crippen molar-refractivity contribution < 1.29 is 4.39 Å². The molecule has 1 saturated heterocycles. The lowest BCUT2D eigenvalue weighted by atomic mass is 10.1. The van der Waals surface area contributed by atoms with Crippen molar-refractivity contribution >= 4 is 39.0 Å². The molecule has 0 spiro atoms. The van der Waals surface area contributed by atoms with Crippen LogP contribution in [-0.2, 0) is 0 Å². The summed E-state index contributed by atoms with van der Waals surface area (Å²) in [6.45, 7) is 1.14. The van der Waals surface area contributed by atoms with E-state index in [1.807, 2.05) is 47.4 Å². The van der Waals surface area contributed by atoms with Crippen LogP contribution in [-0.4, -0.2) is 34.4 Å². The first-order valence-corrected chi connectivity index (χ1v) is 8.76. The van der Waals surface area contributed by atoms with Gasteiger partial charge in [-0.2, -0.15) is 5.10 Å². The number of hydrogen-bond donors (Lipinski definition) is 2. The Bertz CT molecular complexity index is 1090. The van der Waals surface area contributed by atoms with Crippen LogP contribution in [0.2, 0.25) is 0 Å². The highest BCUT2D eigenvalue weighted by atomic mass is 19.1. The number of nitrogens with zero attached hydrogens (tertiary/aromatic N) is 3. The number of fused-ring (bicyclic) bond motifs is 2. The summed E-state index contributed by atoms with van der Waals surface area (Å²) in [6, 6.07) is 16.1. The van der Waals surface area contributed by atoms with Crippen molar-refractivity contribution in [2.24, 2.45) is 0 Å². The fourth-order valence-corrected chi connectivity index (χ4v) is 3.60. The van der Waals surface area contributed by atoms with Gasteiger partial charge in [-0.15, -0.1) is 0 Å². The van der Waals surface area contributed by atoms with Gasteiger partial charge < -0.3 is 10.2 Å². The second-order valence-electron chi connectivity index (χ2n) is 6.65. The van der Waals surface area contributed by atoms with Crippen LogP contribution in [0.25, 0.3) is 21.7 Å². The van der Waals surface area contributed by atoms with Crippen LogP contribution in [0.15, 0.2) is 54.7 Å². The predicted octanol–water partition coefficient (Wildman–Crippen LogP) is 4.40. The molecule has 2 aromatic heterocycles. The third-order valence-electron chi connectivity index (χ3n) is 4.91. The molecule has 1 aliphatic rings. The van der Waals surface area contributed by atoms with Crippen molar-refractivity contribution in [3.05, 3.63) is 54.7 Å². The van der Waals surface area contributed by atoms with Gasteiger partial charge in [0.15, 0.2) is 5.82 Å². The molecule has 4 aromatic rings. The van der Waals surface area contributed by atoms with Gasteiger partial charge in [0.25, 0.3) is 0 Å². The highest BCUT2D eigenvalue weighted by molar-refractivity contribution is 5.96. The smallest absolute Gasteiger partial charge is 0.160 e. The number of rotatable bonds is 3. The molecule has 1 aliphatic heterocycles. The molecule has 6 heteroatoms. The van der Waals surface area contributed by atoms with Gasteiger partial charge in [0.05, 0.1) is 12.1 Å². The summed E-state index contributed by atoms with van der Waals surface area (Å²) < 4.78 is 13.6. The molecule has 1 atom stereocenters. The largest absolute Gasteiger partial charge is 0.353 e. The van der Waals surface area contributed by atoms with Crippen molar-refractivity contribution in [2.75, 3.05) is 23.3 Å². The molecule has 5 rings (SSSR count). The minimum Gasteiger partial charge on any atom is -0.353 e. The molecule has 0 amide bonds. The molecule has 130 valence electrons. The zero-order chi connectivity index (χ0) is 17.5. The third-order valence-corrected chi connectivity index (χ3v) is 4.91. The summed E-state index contributed by atoms with van der Waals surface area (Å²) in [7, 11) is 0. The van der Waals surface area contributed by atoms with E-state index >= 15 is 0 Å². The van der Waals surface area contributed by atoms with Crippen molar-refractivity contribution in [3.63, 3.8) is 0 Å². The highest BCUT2D eigenvalue weighted by Gasteiger charge is 2.24. The number of alkyl halides is 1. The standard InChI is InChI=1S/C20H18FN5/c21-14-8-10-26(12-14)20-16-6-5-15(11-13(16)7-9-22-20)23-19-17-3-1-2-4-18(17)24-25-19/h1-7,9,11,14H,8,10,12H2,(H2,23,24,25)/t14-/m1/s1. The van der Waals surface area contributed by atoms with Crippen molar-refractivity contribution in [3.8, 4) is 0 Å². The molecule has 0 aliphatic carbocycles. The van der Waals surface area contributed by atoms with Crippen LogP contribution >= 0.6 is 0 Å². The van der Waals surface area contributed by atoms with Gasteiger partial charge in [0.1, 0.15) is 12.0 Å². The summed E-state index contributed by atoms with van der Waals surface area (Å²) in [6.07, 6.45) is 1.60. The molecular formula is C20H18FN5. The zero-order valence-corrected chi connectivity index (χ0v) is 14.1. The van der Waals surface area contributed by atoms with Crippen molar-refractivity contribution in [1.29, 1.82) is 0 Å². The monoisotopic (exact) mass is 347 g/mol. The van der Waals surface area contributed by atoms with Gasteiger partial charge in [0, 0.05) is 29.2 Å². The van der Waals surface area contributed by atoms with Crippen molar-refractivity contribution in [2.45, 2.75) is 12.6 Å². The lowest BCUT2D eigenvalue weighted by Gasteiger charge is -2.18. The molecule has 0 saturated carbocycles. The minimum atomic E-state index is -0.763. The number of para-hydroxylation sites is 1. The highest BCUT2D eigenvalue weighted by Crippen LogP contribution is 2.31. The van der Waals surface area contributed by atoms with Gasteiger partial charge in [-0.1, -0.05) is 12.1 Å². The number of hydrogen-bond acceptors (Lipinski definition) is 4. The number of aromatic nitrogens is 3. The maximum Gasteiger partial charge on any atom is 0.160 e. The number of pyridine rings is 1. The van der Waals surface area contributed by atoms with Crippen LogP contribution in [0.4, 0.5) is 21.7 Å². The molecule has 5 nitrogen and oxygen atoms in total. The number of nitrogens with one attached hydrogen (secondary N) is 2. The molecule has 0 unspecified atom stereocenters. The molecule has 0 bridgehead atoms. The topological polar surface area (TPSA) is 56.8 Å². The number of H-pyrrole nitrogens is 1. The van der Waals surface area contributed by atoms with E-state index in [1.165, 1.54) is 0 Å². The maximum absolute atomic E-state index is 13.6. The quantitative estimate of drug-likeness (QED) is 0.577. The average molecular weight is 347 g/mol. The minimum absolute atomic E-state index is 0.422. The SMILES string of the molecule is F[C@@H]1CCN(c2nccc3cc(Nc4n[nH]c5ccccc45)ccc23)C1. The Morgan fingerprint density at radius 1 is 1.12 bits per heavy atom. The molecular weight excluding hydrogens is 329 g/mol. The first-order chi connectivity index (χ1) is 12.8. The van der Waals surface area contributed by atoms with Gasteiger partial charge >= 0.3 is 0 Å². The molecule has 0 radical (unpaired) electrons. The Labute approximate surface area is 149 Å². The van der Waals surface area contributed by atoms with Gasteiger partial charge in [-0.25, -0.2) is 9.37 Å². The summed E-state index contributed by atoms with van der Waals surface area (Å²) in [4.78, 5) is 6.52. The average Bonchev–Trinajstić information content (AvgIpc) is 3.28. The van der Waals surface area contributed by atoms with Crippen LogP contribution in [0, 0.1) is 0 Å². The maximum atomic E-state index is 13.6. The van der Waals surface area contributed by atoms with Gasteiger partial charge in [-0.3, -0.25) is 5.10 Å². The zero-order valence-electron chi connectivity index (χ0n) is 14.1. The second-order valence-corrected chi connectivity index (χ2v) is 6.65. The van der Waals surface area contributed by atoms with Gasteiger partial charge in [-0.05, 0) is 48.2 Å². The second kappa shape index (κ2) is 5.98. The first kappa shape index (κ1) is 15.1. The van der Waals surface area contributed by atoms with Crippen LogP contribution < -0.4 is 10.2 Å². The van der Waals surface area contributed by atoms with E-state index in [4.69, 9.17) is 0 Å². The fourth-order valence-electron chi connectivity index (χ4n) is 3.60. The Kier molecular flexibility index (Phi) is 3.48. The lowest BCUT2D eigenvalue weighted by Crippen LogP contribution is -2.21. The number of benzene rings is 2. The van der Waals surface area contributed by atoms with Crippen LogP contribution in [0.1, 0.15) is 6.42 Å².